The minimum Gasteiger partial charge on any atom is -0.327 e. The van der Waals surface area contributed by atoms with E-state index in [9.17, 15) is 19.7 Å². The Morgan fingerprint density at radius 3 is 2.57 bits per heavy atom. The van der Waals surface area contributed by atoms with Crippen molar-refractivity contribution in [3.63, 3.8) is 0 Å². The van der Waals surface area contributed by atoms with Crippen molar-refractivity contribution >= 4 is 23.3 Å². The van der Waals surface area contributed by atoms with E-state index in [0.29, 0.717) is 22.5 Å². The van der Waals surface area contributed by atoms with Crippen LogP contribution in [0.3, 0.4) is 0 Å². The molecule has 0 saturated heterocycles. The molecule has 0 radical (unpaired) electrons. The molecule has 0 fully saturated rings. The lowest BCUT2D eigenvalue weighted by molar-refractivity contribution is -0.384. The van der Waals surface area contributed by atoms with Gasteiger partial charge in [0.1, 0.15) is 0 Å². The van der Waals surface area contributed by atoms with Crippen LogP contribution in [0.25, 0.3) is 0 Å². The lowest BCUT2D eigenvalue weighted by atomic mass is 9.94. The number of aryl methyl sites for hydroxylation is 1. The van der Waals surface area contributed by atoms with Crippen LogP contribution in [-0.2, 0) is 4.79 Å². The van der Waals surface area contributed by atoms with Gasteiger partial charge in [-0.2, -0.15) is 0 Å². The van der Waals surface area contributed by atoms with Crippen LogP contribution in [0.2, 0.25) is 0 Å². The molecule has 1 atom stereocenters. The summed E-state index contributed by atoms with van der Waals surface area (Å²) >= 11 is 0. The lowest BCUT2D eigenvalue weighted by Gasteiger charge is -2.28. The zero-order chi connectivity index (χ0) is 20.4. The van der Waals surface area contributed by atoms with Crippen molar-refractivity contribution in [3.8, 4) is 0 Å². The van der Waals surface area contributed by atoms with Crippen molar-refractivity contribution in [3.05, 3.63) is 80.5 Å². The maximum absolute atomic E-state index is 13.1. The largest absolute Gasteiger partial charge is 0.327 e. The number of carbonyl (C=O) groups is 2. The number of hydrogen-bond acceptors (Lipinski definition) is 4. The fourth-order valence-electron chi connectivity index (χ4n) is 3.14. The van der Waals surface area contributed by atoms with Crippen LogP contribution in [0.1, 0.15) is 29.7 Å². The van der Waals surface area contributed by atoms with E-state index in [-0.39, 0.29) is 5.69 Å². The summed E-state index contributed by atoms with van der Waals surface area (Å²) in [6, 6.07) is 10.2. The van der Waals surface area contributed by atoms with Gasteiger partial charge in [-0.1, -0.05) is 24.3 Å². The van der Waals surface area contributed by atoms with Gasteiger partial charge in [-0.25, -0.2) is 4.79 Å². The van der Waals surface area contributed by atoms with Crippen LogP contribution in [-0.4, -0.2) is 16.9 Å². The molecule has 8 heteroatoms. The predicted octanol–water partition coefficient (Wildman–Crippen LogP) is 3.48. The Kier molecular flexibility index (Phi) is 5.12. The van der Waals surface area contributed by atoms with Gasteiger partial charge in [0.2, 0.25) is 0 Å². The maximum Gasteiger partial charge on any atom is 0.319 e. The topological polar surface area (TPSA) is 113 Å². The molecule has 0 aliphatic carbocycles. The van der Waals surface area contributed by atoms with E-state index in [2.05, 4.69) is 16.0 Å². The molecule has 28 heavy (non-hydrogen) atoms. The fourth-order valence-corrected chi connectivity index (χ4v) is 3.14. The van der Waals surface area contributed by atoms with Crippen LogP contribution in [0, 0.1) is 24.0 Å². The number of urea groups is 1. The SMILES string of the molecule is CC1=C(C(=O)Nc2cccc(C)c2C)[C@H](c2cccc([N+](=O)[O-])c2)NC(=O)N1. The van der Waals surface area contributed by atoms with E-state index in [1.807, 2.05) is 26.0 Å². The van der Waals surface area contributed by atoms with Crippen molar-refractivity contribution < 1.29 is 14.5 Å². The Morgan fingerprint density at radius 2 is 1.86 bits per heavy atom. The Morgan fingerprint density at radius 1 is 1.14 bits per heavy atom. The van der Waals surface area contributed by atoms with E-state index in [0.717, 1.165) is 11.1 Å². The number of rotatable bonds is 4. The number of benzene rings is 2. The molecule has 3 N–H and O–H groups in total. The molecule has 0 aromatic heterocycles. The van der Waals surface area contributed by atoms with E-state index in [4.69, 9.17) is 0 Å². The quantitative estimate of drug-likeness (QED) is 0.556. The first-order chi connectivity index (χ1) is 13.3. The number of carbonyl (C=O) groups excluding carboxylic acids is 2. The van der Waals surface area contributed by atoms with Crippen molar-refractivity contribution in [2.45, 2.75) is 26.8 Å². The molecule has 1 heterocycles. The van der Waals surface area contributed by atoms with Gasteiger partial charge in [-0.3, -0.25) is 14.9 Å². The molecule has 8 nitrogen and oxygen atoms in total. The van der Waals surface area contributed by atoms with Gasteiger partial charge < -0.3 is 16.0 Å². The Balaban J connectivity index is 2.00. The molecule has 144 valence electrons. The highest BCUT2D eigenvalue weighted by molar-refractivity contribution is 6.07. The Labute approximate surface area is 161 Å². The summed E-state index contributed by atoms with van der Waals surface area (Å²) in [5.74, 6) is -0.393. The number of hydrogen-bond donors (Lipinski definition) is 3. The van der Waals surface area contributed by atoms with Crippen LogP contribution in [0.15, 0.2) is 53.7 Å². The molecular weight excluding hydrogens is 360 g/mol. The summed E-state index contributed by atoms with van der Waals surface area (Å²) < 4.78 is 0. The highest BCUT2D eigenvalue weighted by Gasteiger charge is 2.32. The average molecular weight is 380 g/mol. The van der Waals surface area contributed by atoms with Gasteiger partial charge in [0.25, 0.3) is 11.6 Å². The minimum atomic E-state index is -0.807. The number of amides is 3. The smallest absolute Gasteiger partial charge is 0.319 e. The average Bonchev–Trinajstić information content (AvgIpc) is 2.64. The third kappa shape index (κ3) is 3.71. The van der Waals surface area contributed by atoms with E-state index in [1.165, 1.54) is 18.2 Å². The number of nitrogens with one attached hydrogen (secondary N) is 3. The van der Waals surface area contributed by atoms with Crippen LogP contribution in [0.5, 0.6) is 0 Å². The summed E-state index contributed by atoms with van der Waals surface area (Å²) in [4.78, 5) is 35.6. The highest BCUT2D eigenvalue weighted by Crippen LogP contribution is 2.30. The fraction of sp³-hybridized carbons (Fsp3) is 0.200. The first kappa shape index (κ1) is 19.1. The summed E-state index contributed by atoms with van der Waals surface area (Å²) in [6.45, 7) is 5.48. The maximum atomic E-state index is 13.1. The third-order valence-electron chi connectivity index (χ3n) is 4.78. The van der Waals surface area contributed by atoms with Crippen molar-refractivity contribution in [2.24, 2.45) is 0 Å². The third-order valence-corrected chi connectivity index (χ3v) is 4.78. The number of allylic oxidation sites excluding steroid dienone is 1. The molecule has 0 bridgehead atoms. The van der Waals surface area contributed by atoms with Gasteiger partial charge in [-0.15, -0.1) is 0 Å². The van der Waals surface area contributed by atoms with Crippen molar-refractivity contribution in [1.29, 1.82) is 0 Å². The molecule has 1 aliphatic heterocycles. The lowest BCUT2D eigenvalue weighted by Crippen LogP contribution is -2.46. The van der Waals surface area contributed by atoms with Crippen molar-refractivity contribution in [2.75, 3.05) is 5.32 Å². The van der Waals surface area contributed by atoms with Crippen LogP contribution >= 0.6 is 0 Å². The van der Waals surface area contributed by atoms with Crippen molar-refractivity contribution in [1.82, 2.24) is 10.6 Å². The predicted molar refractivity (Wildman–Crippen MR) is 105 cm³/mol. The van der Waals surface area contributed by atoms with E-state index >= 15 is 0 Å². The van der Waals surface area contributed by atoms with Gasteiger partial charge in [-0.05, 0) is 43.5 Å². The molecular formula is C20H20N4O4. The Hall–Kier alpha value is -3.68. The number of non-ortho nitro benzene ring substituents is 1. The standard InChI is InChI=1S/C20H20N4O4/c1-11-6-4-9-16(12(11)2)22-19(25)17-13(3)21-20(26)23-18(17)14-7-5-8-15(10-14)24(27)28/h4-10,18H,1-3H3,(H,22,25)(H2,21,23,26)/t18-/m0/s1. The van der Waals surface area contributed by atoms with E-state index in [1.54, 1.807) is 19.1 Å². The molecule has 2 aromatic rings. The summed E-state index contributed by atoms with van der Waals surface area (Å²) in [5.41, 5.74) is 3.67. The second kappa shape index (κ2) is 7.51. The molecule has 0 spiro atoms. The number of nitro groups is 1. The summed E-state index contributed by atoms with van der Waals surface area (Å²) in [7, 11) is 0. The van der Waals surface area contributed by atoms with Gasteiger partial charge in [0, 0.05) is 23.5 Å². The zero-order valence-electron chi connectivity index (χ0n) is 15.7. The number of anilines is 1. The van der Waals surface area contributed by atoms with Crippen LogP contribution in [0.4, 0.5) is 16.2 Å². The number of nitrogens with zero attached hydrogens (tertiary/aromatic N) is 1. The molecule has 2 aromatic carbocycles. The highest BCUT2D eigenvalue weighted by atomic mass is 16.6. The normalized spacial score (nSPS) is 16.2. The molecule has 3 amide bonds. The summed E-state index contributed by atoms with van der Waals surface area (Å²) in [5, 5.41) is 19.3. The molecule has 0 unspecified atom stereocenters. The first-order valence-corrected chi connectivity index (χ1v) is 8.68. The number of nitro benzene ring substituents is 1. The molecule has 1 aliphatic rings. The zero-order valence-corrected chi connectivity index (χ0v) is 15.7. The van der Waals surface area contributed by atoms with E-state index < -0.39 is 22.9 Å². The molecule has 0 saturated carbocycles. The minimum absolute atomic E-state index is 0.114. The monoisotopic (exact) mass is 380 g/mol. The summed E-state index contributed by atoms with van der Waals surface area (Å²) in [6.07, 6.45) is 0. The van der Waals surface area contributed by atoms with Gasteiger partial charge in [0.15, 0.2) is 0 Å². The Bertz CT molecular complexity index is 1010. The van der Waals surface area contributed by atoms with Gasteiger partial charge >= 0.3 is 6.03 Å². The first-order valence-electron chi connectivity index (χ1n) is 8.68. The second-order valence-corrected chi connectivity index (χ2v) is 6.62. The second-order valence-electron chi connectivity index (χ2n) is 6.62. The molecule has 3 rings (SSSR count). The van der Waals surface area contributed by atoms with Crippen LogP contribution < -0.4 is 16.0 Å². The van der Waals surface area contributed by atoms with Gasteiger partial charge in [0.05, 0.1) is 16.5 Å².